The van der Waals surface area contributed by atoms with Crippen molar-refractivity contribution in [2.45, 2.75) is 25.9 Å². The zero-order valence-corrected chi connectivity index (χ0v) is 19.7. The third kappa shape index (κ3) is 7.64. The number of amides is 1. The Morgan fingerprint density at radius 2 is 1.94 bits per heavy atom. The monoisotopic (exact) mass is 543 g/mol. The number of guanidine groups is 1. The van der Waals surface area contributed by atoms with Gasteiger partial charge in [0.05, 0.1) is 5.69 Å². The van der Waals surface area contributed by atoms with Crippen molar-refractivity contribution in [1.29, 1.82) is 0 Å². The minimum Gasteiger partial charge on any atom is -0.367 e. The summed E-state index contributed by atoms with van der Waals surface area (Å²) in [6.45, 7) is 4.28. The molecule has 1 amide bonds. The highest BCUT2D eigenvalue weighted by Gasteiger charge is 2.25. The van der Waals surface area contributed by atoms with E-state index >= 15 is 0 Å². The largest absolute Gasteiger partial charge is 0.367 e. The van der Waals surface area contributed by atoms with Gasteiger partial charge in [0.25, 0.3) is 0 Å². The van der Waals surface area contributed by atoms with Gasteiger partial charge in [0, 0.05) is 38.3 Å². The quantitative estimate of drug-likeness (QED) is 0.286. The number of anilines is 1. The molecule has 3 N–H and O–H groups in total. The number of benzene rings is 2. The van der Waals surface area contributed by atoms with Crippen LogP contribution in [0.2, 0.25) is 0 Å². The number of hydrogen-bond acceptors (Lipinski definition) is 3. The zero-order valence-electron chi connectivity index (χ0n) is 17.4. The normalized spacial score (nSPS) is 15.9. The lowest BCUT2D eigenvalue weighted by atomic mass is 10.2. The van der Waals surface area contributed by atoms with Crippen LogP contribution in [0.15, 0.2) is 53.5 Å². The molecule has 0 spiro atoms. The Bertz CT molecular complexity index is 881. The molecule has 2 aromatic rings. The highest BCUT2D eigenvalue weighted by molar-refractivity contribution is 14.0. The van der Waals surface area contributed by atoms with Crippen molar-refractivity contribution in [3.63, 3.8) is 0 Å². The van der Waals surface area contributed by atoms with E-state index in [2.05, 4.69) is 20.9 Å². The number of aliphatic imine (C=N–C) groups is 1. The molecule has 9 heteroatoms. The van der Waals surface area contributed by atoms with Crippen LogP contribution in [0, 0.1) is 11.6 Å². The molecule has 3 rings (SSSR count). The minimum absolute atomic E-state index is 0. The Labute approximate surface area is 198 Å². The van der Waals surface area contributed by atoms with Crippen molar-refractivity contribution in [3.05, 3.63) is 65.7 Å². The van der Waals surface area contributed by atoms with E-state index in [0.29, 0.717) is 37.8 Å². The van der Waals surface area contributed by atoms with E-state index in [1.807, 2.05) is 42.2 Å². The van der Waals surface area contributed by atoms with Crippen LogP contribution in [0.25, 0.3) is 0 Å². The highest BCUT2D eigenvalue weighted by Crippen LogP contribution is 2.24. The van der Waals surface area contributed by atoms with Crippen molar-refractivity contribution < 1.29 is 13.6 Å². The fourth-order valence-electron chi connectivity index (χ4n) is 3.35. The molecule has 0 aliphatic carbocycles. The van der Waals surface area contributed by atoms with Gasteiger partial charge in [0.15, 0.2) is 5.96 Å². The summed E-state index contributed by atoms with van der Waals surface area (Å²) in [5.74, 6) is -0.778. The van der Waals surface area contributed by atoms with E-state index in [-0.39, 0.29) is 42.5 Å². The van der Waals surface area contributed by atoms with Crippen molar-refractivity contribution in [3.8, 4) is 0 Å². The number of nitrogens with one attached hydrogen (secondary N) is 3. The first-order valence-corrected chi connectivity index (χ1v) is 10.1. The standard InChI is InChI=1S/C22H27F2N5O.HI/c1-2-25-22(27-14-21(30)26-13-16-6-4-3-5-7-16)28-18-10-11-29(15-18)20-9-8-17(23)12-19(20)24;/h3-9,12,18H,2,10-11,13-15H2,1H3,(H,26,30)(H2,25,27,28);1H. The lowest BCUT2D eigenvalue weighted by Crippen LogP contribution is -2.45. The van der Waals surface area contributed by atoms with Gasteiger partial charge < -0.3 is 20.9 Å². The Kier molecular flexibility index (Phi) is 9.96. The van der Waals surface area contributed by atoms with Gasteiger partial charge in [-0.2, -0.15) is 0 Å². The first kappa shape index (κ1) is 24.8. The predicted molar refractivity (Wildman–Crippen MR) is 130 cm³/mol. The van der Waals surface area contributed by atoms with Crippen molar-refractivity contribution in [2.75, 3.05) is 31.1 Å². The van der Waals surface area contributed by atoms with Gasteiger partial charge in [-0.15, -0.1) is 24.0 Å². The second-order valence-corrected chi connectivity index (χ2v) is 7.13. The third-order valence-corrected chi connectivity index (χ3v) is 4.84. The van der Waals surface area contributed by atoms with E-state index in [4.69, 9.17) is 0 Å². The van der Waals surface area contributed by atoms with Gasteiger partial charge in [-0.3, -0.25) is 4.79 Å². The molecular weight excluding hydrogens is 515 g/mol. The van der Waals surface area contributed by atoms with Crippen LogP contribution in [-0.4, -0.2) is 44.1 Å². The number of nitrogens with zero attached hydrogens (tertiary/aromatic N) is 2. The van der Waals surface area contributed by atoms with Crippen LogP contribution >= 0.6 is 24.0 Å². The summed E-state index contributed by atoms with van der Waals surface area (Å²) < 4.78 is 27.2. The minimum atomic E-state index is -0.586. The maximum atomic E-state index is 14.0. The SMILES string of the molecule is CCNC(=NCC(=O)NCc1ccccc1)NC1CCN(c2ccc(F)cc2F)C1.I. The topological polar surface area (TPSA) is 68.8 Å². The first-order valence-electron chi connectivity index (χ1n) is 10.1. The number of carbonyl (C=O) groups excluding carboxylic acids is 1. The molecule has 0 radical (unpaired) electrons. The molecule has 31 heavy (non-hydrogen) atoms. The Morgan fingerprint density at radius 1 is 1.16 bits per heavy atom. The lowest BCUT2D eigenvalue weighted by molar-refractivity contribution is -0.119. The van der Waals surface area contributed by atoms with Crippen LogP contribution in [0.5, 0.6) is 0 Å². The number of rotatable bonds is 7. The van der Waals surface area contributed by atoms with Crippen LogP contribution in [0.3, 0.4) is 0 Å². The van der Waals surface area contributed by atoms with Crippen LogP contribution in [0.1, 0.15) is 18.9 Å². The molecule has 6 nitrogen and oxygen atoms in total. The Balaban J connectivity index is 0.00000341. The van der Waals surface area contributed by atoms with Gasteiger partial charge >= 0.3 is 0 Å². The molecule has 0 bridgehead atoms. The maximum Gasteiger partial charge on any atom is 0.242 e. The summed E-state index contributed by atoms with van der Waals surface area (Å²) in [4.78, 5) is 18.3. The fourth-order valence-corrected chi connectivity index (χ4v) is 3.35. The van der Waals surface area contributed by atoms with Crippen molar-refractivity contribution in [1.82, 2.24) is 16.0 Å². The maximum absolute atomic E-state index is 14.0. The lowest BCUT2D eigenvalue weighted by Gasteiger charge is -2.21. The average molecular weight is 543 g/mol. The third-order valence-electron chi connectivity index (χ3n) is 4.84. The smallest absolute Gasteiger partial charge is 0.242 e. The first-order chi connectivity index (χ1) is 14.5. The molecule has 0 saturated carbocycles. The van der Waals surface area contributed by atoms with Gasteiger partial charge in [-0.25, -0.2) is 13.8 Å². The molecular formula is C22H28F2IN5O. The molecule has 1 aliphatic rings. The Morgan fingerprint density at radius 3 is 2.65 bits per heavy atom. The van der Waals surface area contributed by atoms with E-state index in [1.54, 1.807) is 0 Å². The summed E-state index contributed by atoms with van der Waals surface area (Å²) in [5, 5.41) is 9.27. The number of hydrogen-bond donors (Lipinski definition) is 3. The summed E-state index contributed by atoms with van der Waals surface area (Å²) >= 11 is 0. The van der Waals surface area contributed by atoms with Crippen molar-refractivity contribution in [2.24, 2.45) is 4.99 Å². The number of carbonyl (C=O) groups is 1. The van der Waals surface area contributed by atoms with Gasteiger partial charge in [-0.1, -0.05) is 30.3 Å². The summed E-state index contributed by atoms with van der Waals surface area (Å²) in [5.41, 5.74) is 1.42. The average Bonchev–Trinajstić information content (AvgIpc) is 3.19. The second-order valence-electron chi connectivity index (χ2n) is 7.13. The molecule has 168 valence electrons. The van der Waals surface area contributed by atoms with E-state index < -0.39 is 11.6 Å². The summed E-state index contributed by atoms with van der Waals surface area (Å²) in [7, 11) is 0. The second kappa shape index (κ2) is 12.4. The fraction of sp³-hybridized carbons (Fsp3) is 0.364. The van der Waals surface area contributed by atoms with Crippen LogP contribution in [0.4, 0.5) is 14.5 Å². The predicted octanol–water partition coefficient (Wildman–Crippen LogP) is 3.03. The van der Waals surface area contributed by atoms with Gasteiger partial charge in [-0.05, 0) is 31.0 Å². The van der Waals surface area contributed by atoms with E-state index in [9.17, 15) is 13.6 Å². The van der Waals surface area contributed by atoms with Gasteiger partial charge in [0.2, 0.25) is 5.91 Å². The molecule has 1 atom stereocenters. The molecule has 1 heterocycles. The molecule has 1 saturated heterocycles. The molecule has 1 fully saturated rings. The number of halogens is 3. The van der Waals surface area contributed by atoms with Crippen LogP contribution < -0.4 is 20.9 Å². The van der Waals surface area contributed by atoms with Gasteiger partial charge in [0.1, 0.15) is 18.2 Å². The molecule has 2 aromatic carbocycles. The molecule has 0 aromatic heterocycles. The molecule has 1 aliphatic heterocycles. The highest BCUT2D eigenvalue weighted by atomic mass is 127. The summed E-state index contributed by atoms with van der Waals surface area (Å²) in [6.07, 6.45) is 0.779. The van der Waals surface area contributed by atoms with Crippen molar-refractivity contribution >= 4 is 41.5 Å². The summed E-state index contributed by atoms with van der Waals surface area (Å²) in [6, 6.07) is 13.3. The Hall–Kier alpha value is -2.43. The van der Waals surface area contributed by atoms with Crippen LogP contribution in [-0.2, 0) is 11.3 Å². The van der Waals surface area contributed by atoms with E-state index in [1.165, 1.54) is 12.1 Å². The van der Waals surface area contributed by atoms with E-state index in [0.717, 1.165) is 18.1 Å². The molecule has 1 unspecified atom stereocenters. The zero-order chi connectivity index (χ0) is 21.3.